The smallest absolute Gasteiger partial charge is 0.266 e. The van der Waals surface area contributed by atoms with Crippen LogP contribution in [0.15, 0.2) is 42.0 Å². The highest BCUT2D eigenvalue weighted by molar-refractivity contribution is 6.09. The largest absolute Gasteiger partial charge is 0.497 e. The summed E-state index contributed by atoms with van der Waals surface area (Å²) >= 11 is 0. The Kier molecular flexibility index (Phi) is 5.95. The van der Waals surface area contributed by atoms with Crippen molar-refractivity contribution in [3.05, 3.63) is 58.9 Å². The number of ether oxygens (including phenoxy) is 1. The number of anilines is 2. The SMILES string of the molecule is COc1ccc(NC(=O)C(C#N)=Cc2cc(F)c(N3CCCC3)cc2C)cc1. The van der Waals surface area contributed by atoms with Crippen LogP contribution in [0.5, 0.6) is 5.75 Å². The molecule has 1 saturated heterocycles. The van der Waals surface area contributed by atoms with Crippen LogP contribution in [0, 0.1) is 24.1 Å². The van der Waals surface area contributed by atoms with Crippen LogP contribution >= 0.6 is 0 Å². The van der Waals surface area contributed by atoms with Gasteiger partial charge in [0.15, 0.2) is 0 Å². The van der Waals surface area contributed by atoms with Gasteiger partial charge in [0.2, 0.25) is 0 Å². The zero-order chi connectivity index (χ0) is 20.1. The van der Waals surface area contributed by atoms with E-state index in [9.17, 15) is 14.4 Å². The van der Waals surface area contributed by atoms with Gasteiger partial charge in [-0.1, -0.05) is 0 Å². The molecule has 1 aliphatic heterocycles. The van der Waals surface area contributed by atoms with E-state index in [1.807, 2.05) is 17.9 Å². The monoisotopic (exact) mass is 379 g/mol. The average molecular weight is 379 g/mol. The molecule has 28 heavy (non-hydrogen) atoms. The fourth-order valence-corrected chi connectivity index (χ4v) is 3.21. The number of carbonyl (C=O) groups is 1. The van der Waals surface area contributed by atoms with E-state index >= 15 is 0 Å². The van der Waals surface area contributed by atoms with Crippen molar-refractivity contribution in [3.63, 3.8) is 0 Å². The molecule has 2 aromatic carbocycles. The van der Waals surface area contributed by atoms with E-state index in [2.05, 4.69) is 5.32 Å². The Morgan fingerprint density at radius 1 is 1.25 bits per heavy atom. The van der Waals surface area contributed by atoms with Crippen LogP contribution in [0.3, 0.4) is 0 Å². The van der Waals surface area contributed by atoms with Crippen LogP contribution in [0.1, 0.15) is 24.0 Å². The van der Waals surface area contributed by atoms with Crippen molar-refractivity contribution >= 4 is 23.4 Å². The van der Waals surface area contributed by atoms with Gasteiger partial charge in [0.1, 0.15) is 23.2 Å². The Balaban J connectivity index is 1.82. The molecule has 1 N–H and O–H groups in total. The van der Waals surface area contributed by atoms with Crippen LogP contribution in [0.4, 0.5) is 15.8 Å². The number of carbonyl (C=O) groups excluding carboxylic acids is 1. The molecule has 0 radical (unpaired) electrons. The standard InChI is InChI=1S/C22H22FN3O2/c1-15-11-21(26-9-3-4-10-26)20(23)13-16(15)12-17(14-24)22(27)25-18-5-7-19(28-2)8-6-18/h5-8,11-13H,3-4,9-10H2,1-2H3,(H,25,27). The quantitative estimate of drug-likeness (QED) is 0.622. The lowest BCUT2D eigenvalue weighted by atomic mass is 10.0. The summed E-state index contributed by atoms with van der Waals surface area (Å²) in [6, 6.07) is 11.9. The molecule has 0 aliphatic carbocycles. The summed E-state index contributed by atoms with van der Waals surface area (Å²) in [7, 11) is 1.56. The summed E-state index contributed by atoms with van der Waals surface area (Å²) in [6.07, 6.45) is 3.54. The highest BCUT2D eigenvalue weighted by Gasteiger charge is 2.18. The third-order valence-corrected chi connectivity index (χ3v) is 4.80. The van der Waals surface area contributed by atoms with E-state index in [-0.39, 0.29) is 11.4 Å². The Morgan fingerprint density at radius 2 is 1.93 bits per heavy atom. The Hall–Kier alpha value is -3.33. The number of nitrogens with zero attached hydrogens (tertiary/aromatic N) is 2. The number of aryl methyl sites for hydroxylation is 1. The lowest BCUT2D eigenvalue weighted by Crippen LogP contribution is -2.19. The molecule has 2 aromatic rings. The molecule has 6 heteroatoms. The number of hydrogen-bond donors (Lipinski definition) is 1. The molecule has 0 bridgehead atoms. The number of rotatable bonds is 5. The maximum atomic E-state index is 14.6. The van der Waals surface area contributed by atoms with Gasteiger partial charge in [-0.15, -0.1) is 0 Å². The zero-order valence-corrected chi connectivity index (χ0v) is 16.0. The van der Waals surface area contributed by atoms with Gasteiger partial charge in [-0.25, -0.2) is 4.39 Å². The van der Waals surface area contributed by atoms with Gasteiger partial charge in [-0.2, -0.15) is 5.26 Å². The van der Waals surface area contributed by atoms with Crippen molar-refractivity contribution in [2.45, 2.75) is 19.8 Å². The highest BCUT2D eigenvalue weighted by atomic mass is 19.1. The second-order valence-corrected chi connectivity index (χ2v) is 6.71. The van der Waals surface area contributed by atoms with Crippen LogP contribution in [0.25, 0.3) is 6.08 Å². The molecule has 0 spiro atoms. The molecular weight excluding hydrogens is 357 g/mol. The number of halogens is 1. The van der Waals surface area contributed by atoms with Gasteiger partial charge < -0.3 is 15.0 Å². The Labute approximate surface area is 164 Å². The molecular formula is C22H22FN3O2. The third kappa shape index (κ3) is 4.32. The first-order chi connectivity index (χ1) is 13.5. The molecule has 1 fully saturated rings. The minimum Gasteiger partial charge on any atom is -0.497 e. The van der Waals surface area contributed by atoms with Gasteiger partial charge in [0.05, 0.1) is 12.8 Å². The molecule has 1 aliphatic rings. The maximum absolute atomic E-state index is 14.6. The lowest BCUT2D eigenvalue weighted by Gasteiger charge is -2.19. The zero-order valence-electron chi connectivity index (χ0n) is 16.0. The molecule has 5 nitrogen and oxygen atoms in total. The molecule has 1 heterocycles. The van der Waals surface area contributed by atoms with Crippen LogP contribution < -0.4 is 15.0 Å². The Bertz CT molecular complexity index is 939. The van der Waals surface area contributed by atoms with Crippen molar-refractivity contribution in [1.82, 2.24) is 0 Å². The minimum atomic E-state index is -0.545. The van der Waals surface area contributed by atoms with Gasteiger partial charge >= 0.3 is 0 Å². The number of nitriles is 1. The molecule has 0 unspecified atom stereocenters. The van der Waals surface area contributed by atoms with Crippen molar-refractivity contribution in [2.24, 2.45) is 0 Å². The van der Waals surface area contributed by atoms with Crippen molar-refractivity contribution in [3.8, 4) is 11.8 Å². The van der Waals surface area contributed by atoms with Crippen molar-refractivity contribution in [2.75, 3.05) is 30.4 Å². The minimum absolute atomic E-state index is 0.0905. The number of amides is 1. The van der Waals surface area contributed by atoms with E-state index in [1.54, 1.807) is 37.4 Å². The van der Waals surface area contributed by atoms with Gasteiger partial charge in [0, 0.05) is 18.8 Å². The van der Waals surface area contributed by atoms with E-state index in [1.165, 1.54) is 12.1 Å². The molecule has 0 saturated carbocycles. The Morgan fingerprint density at radius 3 is 2.54 bits per heavy atom. The summed E-state index contributed by atoms with van der Waals surface area (Å²) in [5.41, 5.74) is 2.36. The molecule has 144 valence electrons. The fraction of sp³-hybridized carbons (Fsp3) is 0.273. The second kappa shape index (κ2) is 8.57. The van der Waals surface area contributed by atoms with Crippen LogP contribution in [-0.4, -0.2) is 26.1 Å². The average Bonchev–Trinajstić information content (AvgIpc) is 3.23. The van der Waals surface area contributed by atoms with Gasteiger partial charge in [0.25, 0.3) is 5.91 Å². The summed E-state index contributed by atoms with van der Waals surface area (Å²) in [4.78, 5) is 14.5. The summed E-state index contributed by atoms with van der Waals surface area (Å²) in [5, 5.41) is 12.1. The van der Waals surface area contributed by atoms with Crippen molar-refractivity contribution in [1.29, 1.82) is 5.26 Å². The maximum Gasteiger partial charge on any atom is 0.266 e. The normalized spacial score (nSPS) is 13.9. The van der Waals surface area contributed by atoms with E-state index in [0.29, 0.717) is 22.7 Å². The summed E-state index contributed by atoms with van der Waals surface area (Å²) < 4.78 is 19.7. The third-order valence-electron chi connectivity index (χ3n) is 4.80. The lowest BCUT2D eigenvalue weighted by molar-refractivity contribution is -0.112. The number of benzene rings is 2. The van der Waals surface area contributed by atoms with E-state index in [0.717, 1.165) is 31.5 Å². The van der Waals surface area contributed by atoms with Gasteiger partial charge in [-0.05, 0) is 73.4 Å². The number of hydrogen-bond acceptors (Lipinski definition) is 4. The van der Waals surface area contributed by atoms with E-state index in [4.69, 9.17) is 4.74 Å². The predicted octanol–water partition coefficient (Wildman–Crippen LogP) is 4.29. The van der Waals surface area contributed by atoms with E-state index < -0.39 is 5.91 Å². The first-order valence-electron chi connectivity index (χ1n) is 9.14. The number of methoxy groups -OCH3 is 1. The van der Waals surface area contributed by atoms with Gasteiger partial charge in [-0.3, -0.25) is 4.79 Å². The molecule has 3 rings (SSSR count). The van der Waals surface area contributed by atoms with Crippen molar-refractivity contribution < 1.29 is 13.9 Å². The first-order valence-corrected chi connectivity index (χ1v) is 9.14. The summed E-state index contributed by atoms with van der Waals surface area (Å²) in [6.45, 7) is 3.54. The second-order valence-electron chi connectivity index (χ2n) is 6.71. The predicted molar refractivity (Wildman–Crippen MR) is 108 cm³/mol. The fourth-order valence-electron chi connectivity index (χ4n) is 3.21. The first kappa shape index (κ1) is 19.4. The highest BCUT2D eigenvalue weighted by Crippen LogP contribution is 2.28. The number of nitrogens with one attached hydrogen (secondary N) is 1. The van der Waals surface area contributed by atoms with Crippen LogP contribution in [-0.2, 0) is 4.79 Å². The molecule has 0 atom stereocenters. The molecule has 1 amide bonds. The van der Waals surface area contributed by atoms with Crippen LogP contribution in [0.2, 0.25) is 0 Å². The summed E-state index contributed by atoms with van der Waals surface area (Å²) in [5.74, 6) is -0.221. The molecule has 0 aromatic heterocycles. The topological polar surface area (TPSA) is 65.4 Å².